The van der Waals surface area contributed by atoms with Crippen LogP contribution in [0.15, 0.2) is 72.1 Å². The molecule has 0 unspecified atom stereocenters. The van der Waals surface area contributed by atoms with E-state index >= 15 is 0 Å². The van der Waals surface area contributed by atoms with Gasteiger partial charge in [0.05, 0.1) is 0 Å². The number of sulfonamides is 1. The lowest BCUT2D eigenvalue weighted by atomic mass is 9.96. The van der Waals surface area contributed by atoms with Crippen LogP contribution >= 0.6 is 0 Å². The Kier molecular flexibility index (Phi) is 8.32. The predicted molar refractivity (Wildman–Crippen MR) is 137 cm³/mol. The van der Waals surface area contributed by atoms with Gasteiger partial charge in [-0.1, -0.05) is 72.8 Å². The number of amides is 1. The number of hydrogen-bond acceptors (Lipinski definition) is 4. The fourth-order valence-electron chi connectivity index (χ4n) is 4.48. The van der Waals surface area contributed by atoms with Crippen LogP contribution in [0.1, 0.15) is 24.0 Å². The van der Waals surface area contributed by atoms with E-state index in [9.17, 15) is 13.2 Å². The van der Waals surface area contributed by atoms with Crippen LogP contribution in [0.2, 0.25) is 0 Å². The van der Waals surface area contributed by atoms with E-state index < -0.39 is 10.0 Å². The number of benzene rings is 2. The summed E-state index contributed by atoms with van der Waals surface area (Å²) in [6, 6.07) is 19.7. The first kappa shape index (κ1) is 24.4. The van der Waals surface area contributed by atoms with E-state index in [1.807, 2.05) is 53.4 Å². The van der Waals surface area contributed by atoms with Gasteiger partial charge >= 0.3 is 0 Å². The monoisotopic (exact) mass is 479 g/mol. The van der Waals surface area contributed by atoms with Gasteiger partial charge in [0.1, 0.15) is 0 Å². The van der Waals surface area contributed by atoms with Crippen LogP contribution < -0.4 is 0 Å². The molecule has 0 spiro atoms. The molecule has 2 aromatic carbocycles. The Bertz CT molecular complexity index is 1080. The van der Waals surface area contributed by atoms with Crippen molar-refractivity contribution in [3.05, 3.63) is 83.3 Å². The Balaban J connectivity index is 1.21. The normalized spacial score (nSPS) is 19.2. The van der Waals surface area contributed by atoms with Gasteiger partial charge in [-0.15, -0.1) is 0 Å². The molecule has 0 N–H and O–H groups in total. The number of piperazine rings is 1. The Morgan fingerprint density at radius 2 is 1.35 bits per heavy atom. The first-order valence-corrected chi connectivity index (χ1v) is 13.5. The van der Waals surface area contributed by atoms with Crippen LogP contribution in [0.3, 0.4) is 0 Å². The van der Waals surface area contributed by atoms with Crippen LogP contribution in [0, 0.1) is 5.92 Å². The number of nitrogens with zero attached hydrogens (tertiary/aromatic N) is 3. The molecule has 2 aliphatic heterocycles. The molecule has 0 aromatic heterocycles. The summed E-state index contributed by atoms with van der Waals surface area (Å²) < 4.78 is 26.9. The smallest absolute Gasteiger partial charge is 0.236 e. The molecule has 2 aromatic rings. The van der Waals surface area contributed by atoms with Crippen molar-refractivity contribution in [1.29, 1.82) is 0 Å². The van der Waals surface area contributed by atoms with Crippen LogP contribution in [-0.4, -0.2) is 74.2 Å². The SMILES string of the molecule is O=C(C1CCN(S(=O)(=O)C=Cc2ccccc2)CC1)N1CCN(CC=Cc2ccccc2)CC1. The molecule has 0 atom stereocenters. The molecule has 0 saturated carbocycles. The molecule has 6 nitrogen and oxygen atoms in total. The number of carbonyl (C=O) groups excluding carboxylic acids is 1. The van der Waals surface area contributed by atoms with Crippen molar-refractivity contribution < 1.29 is 13.2 Å². The minimum atomic E-state index is -3.48. The van der Waals surface area contributed by atoms with E-state index in [0.717, 1.165) is 38.3 Å². The molecular weight excluding hydrogens is 446 g/mol. The summed E-state index contributed by atoms with van der Waals surface area (Å²) in [6.45, 7) is 4.85. The molecular formula is C27H33N3O3S. The Morgan fingerprint density at radius 1 is 0.794 bits per heavy atom. The van der Waals surface area contributed by atoms with Crippen LogP contribution in [0.4, 0.5) is 0 Å². The van der Waals surface area contributed by atoms with Gasteiger partial charge in [0.2, 0.25) is 15.9 Å². The molecule has 0 radical (unpaired) electrons. The first-order valence-electron chi connectivity index (χ1n) is 12.0. The van der Waals surface area contributed by atoms with Crippen LogP contribution in [-0.2, 0) is 14.8 Å². The lowest BCUT2D eigenvalue weighted by Crippen LogP contribution is -2.51. The Labute approximate surface area is 203 Å². The van der Waals surface area contributed by atoms with Gasteiger partial charge in [-0.25, -0.2) is 8.42 Å². The molecule has 0 aliphatic carbocycles. The number of rotatable bonds is 7. The van der Waals surface area contributed by atoms with Crippen molar-refractivity contribution in [3.63, 3.8) is 0 Å². The van der Waals surface area contributed by atoms with Crippen molar-refractivity contribution in [2.45, 2.75) is 12.8 Å². The van der Waals surface area contributed by atoms with Gasteiger partial charge < -0.3 is 4.90 Å². The number of hydrogen-bond donors (Lipinski definition) is 0. The zero-order valence-electron chi connectivity index (χ0n) is 19.5. The fraction of sp³-hybridized carbons (Fsp3) is 0.370. The maximum atomic E-state index is 13.0. The third-order valence-electron chi connectivity index (χ3n) is 6.55. The summed E-state index contributed by atoms with van der Waals surface area (Å²) in [6.07, 6.45) is 7.10. The lowest BCUT2D eigenvalue weighted by molar-refractivity contribution is -0.138. The lowest BCUT2D eigenvalue weighted by Gasteiger charge is -2.38. The van der Waals surface area contributed by atoms with Crippen molar-refractivity contribution in [1.82, 2.24) is 14.1 Å². The fourth-order valence-corrected chi connectivity index (χ4v) is 5.70. The molecule has 34 heavy (non-hydrogen) atoms. The number of piperidine rings is 1. The van der Waals surface area contributed by atoms with Crippen molar-refractivity contribution in [3.8, 4) is 0 Å². The largest absolute Gasteiger partial charge is 0.340 e. The van der Waals surface area contributed by atoms with Crippen molar-refractivity contribution >= 4 is 28.1 Å². The highest BCUT2D eigenvalue weighted by Crippen LogP contribution is 2.23. The summed E-state index contributed by atoms with van der Waals surface area (Å²) in [5.41, 5.74) is 2.05. The molecule has 4 rings (SSSR count). The van der Waals surface area contributed by atoms with Crippen molar-refractivity contribution in [2.24, 2.45) is 5.92 Å². The zero-order chi connectivity index (χ0) is 23.8. The minimum absolute atomic E-state index is 0.0888. The average molecular weight is 480 g/mol. The second-order valence-corrected chi connectivity index (χ2v) is 10.7. The maximum absolute atomic E-state index is 13.0. The summed E-state index contributed by atoms with van der Waals surface area (Å²) >= 11 is 0. The minimum Gasteiger partial charge on any atom is -0.340 e. The molecule has 2 heterocycles. The summed E-state index contributed by atoms with van der Waals surface area (Å²) in [4.78, 5) is 17.4. The summed E-state index contributed by atoms with van der Waals surface area (Å²) in [5, 5.41) is 1.27. The second-order valence-electron chi connectivity index (χ2n) is 8.87. The average Bonchev–Trinajstić information content (AvgIpc) is 2.89. The van der Waals surface area contributed by atoms with Crippen molar-refractivity contribution in [2.75, 3.05) is 45.8 Å². The van der Waals surface area contributed by atoms with Gasteiger partial charge in [-0.3, -0.25) is 9.69 Å². The van der Waals surface area contributed by atoms with E-state index in [1.54, 1.807) is 6.08 Å². The van der Waals surface area contributed by atoms with E-state index in [-0.39, 0.29) is 11.8 Å². The van der Waals surface area contributed by atoms with E-state index in [1.165, 1.54) is 15.3 Å². The van der Waals surface area contributed by atoms with Crippen LogP contribution in [0.25, 0.3) is 12.2 Å². The molecule has 2 saturated heterocycles. The highest BCUT2D eigenvalue weighted by atomic mass is 32.2. The van der Waals surface area contributed by atoms with E-state index in [2.05, 4.69) is 29.2 Å². The molecule has 0 bridgehead atoms. The Hall–Kier alpha value is -2.74. The van der Waals surface area contributed by atoms with E-state index in [0.29, 0.717) is 25.9 Å². The quantitative estimate of drug-likeness (QED) is 0.609. The maximum Gasteiger partial charge on any atom is 0.236 e. The molecule has 7 heteroatoms. The third-order valence-corrected chi connectivity index (χ3v) is 8.12. The van der Waals surface area contributed by atoms with Gasteiger partial charge in [0, 0.05) is 57.1 Å². The van der Waals surface area contributed by atoms with E-state index in [4.69, 9.17) is 0 Å². The standard InChI is InChI=1S/C27H33N3O3S/c31-27(29-21-19-28(20-22-29)16-7-12-24-8-3-1-4-9-24)26-13-17-30(18-14-26)34(32,33)23-15-25-10-5-2-6-11-25/h1-12,15,23,26H,13-14,16-22H2. The van der Waals surface area contributed by atoms with Gasteiger partial charge in [-0.2, -0.15) is 4.31 Å². The van der Waals surface area contributed by atoms with Gasteiger partial charge in [0.15, 0.2) is 0 Å². The molecule has 180 valence electrons. The Morgan fingerprint density at radius 3 is 1.94 bits per heavy atom. The molecule has 2 aliphatic rings. The predicted octanol–water partition coefficient (Wildman–Crippen LogP) is 3.56. The summed E-state index contributed by atoms with van der Waals surface area (Å²) in [7, 11) is -3.48. The van der Waals surface area contributed by atoms with Gasteiger partial charge in [-0.05, 0) is 30.0 Å². The van der Waals surface area contributed by atoms with Gasteiger partial charge in [0.25, 0.3) is 0 Å². The third kappa shape index (κ3) is 6.65. The highest BCUT2D eigenvalue weighted by molar-refractivity contribution is 7.92. The molecule has 1 amide bonds. The second kappa shape index (κ2) is 11.6. The van der Waals surface area contributed by atoms with Crippen LogP contribution in [0.5, 0.6) is 0 Å². The molecule has 2 fully saturated rings. The first-order chi connectivity index (χ1) is 16.5. The number of carbonyl (C=O) groups is 1. The highest BCUT2D eigenvalue weighted by Gasteiger charge is 2.33. The topological polar surface area (TPSA) is 60.9 Å². The summed E-state index contributed by atoms with van der Waals surface area (Å²) in [5.74, 6) is 0.0884. The zero-order valence-corrected chi connectivity index (χ0v) is 20.3.